The number of fused-ring (bicyclic) bond motifs is 2. The molecule has 1 amide bonds. The summed E-state index contributed by atoms with van der Waals surface area (Å²) < 4.78 is 10.8. The molecule has 7 heteroatoms. The Morgan fingerprint density at radius 1 is 1.03 bits per heavy atom. The molecular formula is C23H30N2O5. The van der Waals surface area contributed by atoms with E-state index in [1.807, 2.05) is 24.3 Å². The molecule has 2 aliphatic carbocycles. The van der Waals surface area contributed by atoms with Gasteiger partial charge in [0.05, 0.1) is 18.7 Å². The molecule has 1 saturated heterocycles. The summed E-state index contributed by atoms with van der Waals surface area (Å²) in [6.45, 7) is 2.35. The molecule has 1 aromatic rings. The molecule has 0 N–H and O–H groups in total. The van der Waals surface area contributed by atoms with Crippen LogP contribution in [0.3, 0.4) is 0 Å². The van der Waals surface area contributed by atoms with E-state index in [0.29, 0.717) is 44.8 Å². The third-order valence-electron chi connectivity index (χ3n) is 6.78. The van der Waals surface area contributed by atoms with Gasteiger partial charge in [0, 0.05) is 38.0 Å². The number of para-hydroxylation sites is 2. The van der Waals surface area contributed by atoms with E-state index in [0.717, 1.165) is 30.7 Å². The average molecular weight is 415 g/mol. The van der Waals surface area contributed by atoms with E-state index < -0.39 is 0 Å². The van der Waals surface area contributed by atoms with Crippen LogP contribution in [-0.4, -0.2) is 62.5 Å². The normalized spacial score (nSPS) is 26.3. The summed E-state index contributed by atoms with van der Waals surface area (Å²) in [6, 6.07) is 7.86. The zero-order valence-corrected chi connectivity index (χ0v) is 17.5. The Morgan fingerprint density at radius 2 is 1.70 bits per heavy atom. The predicted molar refractivity (Wildman–Crippen MR) is 111 cm³/mol. The highest BCUT2D eigenvalue weighted by molar-refractivity contribution is 5.88. The number of ether oxygens (including phenoxy) is 2. The molecule has 7 nitrogen and oxygen atoms in total. The standard InChI is InChI=1S/C23H30N2O5/c1-29-20-8-3-2-7-19(20)24-9-11-25(12-10-24)21(26)15-30-23(28)18-13-16-5-4-6-17(14-18)22(16)27/h2-3,7-8,16-18H,4-6,9-15H2,1H3/t16-,17-/m0/s1. The molecule has 0 radical (unpaired) electrons. The second-order valence-electron chi connectivity index (χ2n) is 8.54. The van der Waals surface area contributed by atoms with E-state index in [1.165, 1.54) is 0 Å². The van der Waals surface area contributed by atoms with Crippen LogP contribution in [0.2, 0.25) is 0 Å². The van der Waals surface area contributed by atoms with Crippen LogP contribution >= 0.6 is 0 Å². The number of carbonyl (C=O) groups excluding carboxylic acids is 3. The van der Waals surface area contributed by atoms with Crippen molar-refractivity contribution in [3.8, 4) is 5.75 Å². The van der Waals surface area contributed by atoms with Crippen molar-refractivity contribution in [2.45, 2.75) is 32.1 Å². The van der Waals surface area contributed by atoms with Crippen LogP contribution in [0.25, 0.3) is 0 Å². The second-order valence-corrected chi connectivity index (χ2v) is 8.54. The Hall–Kier alpha value is -2.57. The highest BCUT2D eigenvalue weighted by atomic mass is 16.5. The summed E-state index contributed by atoms with van der Waals surface area (Å²) in [5.74, 6) is 0.447. The van der Waals surface area contributed by atoms with Crippen LogP contribution in [0.5, 0.6) is 5.75 Å². The van der Waals surface area contributed by atoms with Gasteiger partial charge in [-0.15, -0.1) is 0 Å². The third-order valence-corrected chi connectivity index (χ3v) is 6.78. The van der Waals surface area contributed by atoms with Crippen molar-refractivity contribution < 1.29 is 23.9 Å². The van der Waals surface area contributed by atoms with Gasteiger partial charge in [0.2, 0.25) is 0 Å². The first-order valence-corrected chi connectivity index (χ1v) is 10.9. The summed E-state index contributed by atoms with van der Waals surface area (Å²) >= 11 is 0. The smallest absolute Gasteiger partial charge is 0.309 e. The number of methoxy groups -OCH3 is 1. The zero-order valence-electron chi connectivity index (χ0n) is 17.5. The molecule has 1 heterocycles. The Bertz CT molecular complexity index is 787. The molecule has 2 saturated carbocycles. The van der Waals surface area contributed by atoms with Crippen LogP contribution < -0.4 is 9.64 Å². The van der Waals surface area contributed by atoms with Gasteiger partial charge in [-0.1, -0.05) is 18.6 Å². The van der Waals surface area contributed by atoms with Crippen molar-refractivity contribution in [3.63, 3.8) is 0 Å². The minimum Gasteiger partial charge on any atom is -0.495 e. The maximum Gasteiger partial charge on any atom is 0.309 e. The molecule has 3 fully saturated rings. The summed E-state index contributed by atoms with van der Waals surface area (Å²) in [7, 11) is 1.66. The molecule has 30 heavy (non-hydrogen) atoms. The molecule has 162 valence electrons. The number of piperazine rings is 1. The van der Waals surface area contributed by atoms with Crippen molar-refractivity contribution in [3.05, 3.63) is 24.3 Å². The maximum atomic E-state index is 12.6. The quantitative estimate of drug-likeness (QED) is 0.688. The zero-order chi connectivity index (χ0) is 21.1. The Morgan fingerprint density at radius 3 is 2.37 bits per heavy atom. The fourth-order valence-corrected chi connectivity index (χ4v) is 5.10. The summed E-state index contributed by atoms with van der Waals surface area (Å²) in [5, 5.41) is 0. The number of esters is 1. The molecule has 4 rings (SSSR count). The van der Waals surface area contributed by atoms with Gasteiger partial charge in [0.15, 0.2) is 6.61 Å². The van der Waals surface area contributed by atoms with Gasteiger partial charge >= 0.3 is 5.97 Å². The lowest BCUT2D eigenvalue weighted by atomic mass is 9.67. The molecule has 0 aromatic heterocycles. The van der Waals surface area contributed by atoms with Gasteiger partial charge in [0.1, 0.15) is 11.5 Å². The van der Waals surface area contributed by atoms with Crippen molar-refractivity contribution in [1.82, 2.24) is 4.90 Å². The summed E-state index contributed by atoms with van der Waals surface area (Å²) in [6.07, 6.45) is 4.01. The van der Waals surface area contributed by atoms with Gasteiger partial charge in [-0.2, -0.15) is 0 Å². The lowest BCUT2D eigenvalue weighted by Crippen LogP contribution is -2.50. The molecular weight excluding hydrogens is 384 g/mol. The van der Waals surface area contributed by atoms with E-state index in [9.17, 15) is 14.4 Å². The van der Waals surface area contributed by atoms with E-state index in [1.54, 1.807) is 12.0 Å². The summed E-state index contributed by atoms with van der Waals surface area (Å²) in [5.41, 5.74) is 1.02. The van der Waals surface area contributed by atoms with Crippen LogP contribution in [0.1, 0.15) is 32.1 Å². The van der Waals surface area contributed by atoms with Gasteiger partial charge in [0.25, 0.3) is 5.91 Å². The molecule has 0 unspecified atom stereocenters. The van der Waals surface area contributed by atoms with Crippen molar-refractivity contribution in [2.24, 2.45) is 17.8 Å². The van der Waals surface area contributed by atoms with E-state index in [2.05, 4.69) is 4.90 Å². The Kier molecular flexibility index (Phi) is 6.25. The molecule has 3 aliphatic rings. The minimum atomic E-state index is -0.319. The van der Waals surface area contributed by atoms with Crippen LogP contribution in [0, 0.1) is 17.8 Å². The molecule has 2 atom stereocenters. The second kappa shape index (κ2) is 9.06. The number of anilines is 1. The monoisotopic (exact) mass is 414 g/mol. The molecule has 1 aliphatic heterocycles. The van der Waals surface area contributed by atoms with Crippen molar-refractivity contribution >= 4 is 23.3 Å². The predicted octanol–water partition coefficient (Wildman–Crippen LogP) is 2.28. The number of Topliss-reactive ketones (excluding diaryl/α,β-unsaturated/α-hetero) is 1. The number of rotatable bonds is 5. The van der Waals surface area contributed by atoms with Crippen LogP contribution in [0.4, 0.5) is 5.69 Å². The fraction of sp³-hybridized carbons (Fsp3) is 0.609. The Labute approximate surface area is 177 Å². The van der Waals surface area contributed by atoms with Crippen LogP contribution in [0.15, 0.2) is 24.3 Å². The third kappa shape index (κ3) is 4.30. The number of hydrogen-bond donors (Lipinski definition) is 0. The van der Waals surface area contributed by atoms with E-state index >= 15 is 0 Å². The number of amides is 1. The SMILES string of the molecule is COc1ccccc1N1CCN(C(=O)COC(=O)C2C[C@@H]3CCC[C@@H](C2)C3=O)CC1. The fourth-order valence-electron chi connectivity index (χ4n) is 5.10. The van der Waals surface area contributed by atoms with Crippen molar-refractivity contribution in [2.75, 3.05) is 44.8 Å². The number of benzene rings is 1. The lowest BCUT2D eigenvalue weighted by molar-refractivity contribution is -0.159. The van der Waals surface area contributed by atoms with Crippen LogP contribution in [-0.2, 0) is 19.1 Å². The first-order chi connectivity index (χ1) is 14.6. The summed E-state index contributed by atoms with van der Waals surface area (Å²) in [4.78, 5) is 41.2. The van der Waals surface area contributed by atoms with Crippen molar-refractivity contribution in [1.29, 1.82) is 0 Å². The van der Waals surface area contributed by atoms with Gasteiger partial charge < -0.3 is 19.3 Å². The molecule has 0 spiro atoms. The Balaban J connectivity index is 1.24. The molecule has 2 bridgehead atoms. The number of nitrogens with zero attached hydrogens (tertiary/aromatic N) is 2. The van der Waals surface area contributed by atoms with E-state index in [-0.39, 0.29) is 36.2 Å². The largest absolute Gasteiger partial charge is 0.495 e. The number of ketones is 1. The van der Waals surface area contributed by atoms with E-state index in [4.69, 9.17) is 9.47 Å². The molecule has 1 aromatic carbocycles. The first kappa shape index (κ1) is 20.7. The van der Waals surface area contributed by atoms with Gasteiger partial charge in [-0.25, -0.2) is 0 Å². The lowest BCUT2D eigenvalue weighted by Gasteiger charge is -2.37. The highest BCUT2D eigenvalue weighted by Gasteiger charge is 2.42. The maximum absolute atomic E-state index is 12.6. The number of carbonyl (C=O) groups is 3. The minimum absolute atomic E-state index is 0.00815. The van der Waals surface area contributed by atoms with Gasteiger partial charge in [-0.3, -0.25) is 14.4 Å². The first-order valence-electron chi connectivity index (χ1n) is 10.9. The number of hydrogen-bond acceptors (Lipinski definition) is 6. The average Bonchev–Trinajstić information content (AvgIpc) is 2.77. The van der Waals surface area contributed by atoms with Gasteiger partial charge in [-0.05, 0) is 37.8 Å². The topological polar surface area (TPSA) is 76.2 Å². The highest BCUT2D eigenvalue weighted by Crippen LogP contribution is 2.40.